The highest BCUT2D eigenvalue weighted by atomic mass is 16.5. The molecule has 1 saturated carbocycles. The molecule has 4 heteroatoms. The lowest BCUT2D eigenvalue weighted by atomic mass is 9.97. The van der Waals surface area contributed by atoms with E-state index in [9.17, 15) is 0 Å². The van der Waals surface area contributed by atoms with Gasteiger partial charge in [0.05, 0.1) is 6.61 Å². The molecule has 0 aromatic rings. The molecular weight excluding hydrogens is 264 g/mol. The first-order chi connectivity index (χ1) is 10.3. The summed E-state index contributed by atoms with van der Waals surface area (Å²) in [6.07, 6.45) is 7.94. The van der Waals surface area contributed by atoms with Crippen molar-refractivity contribution in [2.24, 2.45) is 5.92 Å². The van der Waals surface area contributed by atoms with E-state index in [-0.39, 0.29) is 0 Å². The number of ether oxygens (including phenoxy) is 2. The highest BCUT2D eigenvalue weighted by Gasteiger charge is 2.26. The van der Waals surface area contributed by atoms with Gasteiger partial charge in [0.25, 0.3) is 0 Å². The lowest BCUT2D eigenvalue weighted by Gasteiger charge is -2.31. The first kappa shape index (κ1) is 18.9. The van der Waals surface area contributed by atoms with E-state index >= 15 is 0 Å². The molecule has 1 fully saturated rings. The van der Waals surface area contributed by atoms with Gasteiger partial charge in [-0.15, -0.1) is 0 Å². The zero-order valence-electron chi connectivity index (χ0n) is 14.4. The Bertz CT molecular complexity index is 233. The summed E-state index contributed by atoms with van der Waals surface area (Å²) in [7, 11) is 3.57. The molecule has 1 unspecified atom stereocenters. The smallest absolute Gasteiger partial charge is 0.0589 e. The van der Waals surface area contributed by atoms with E-state index in [1.165, 1.54) is 32.1 Å². The number of nitrogens with zero attached hydrogens (tertiary/aromatic N) is 1. The van der Waals surface area contributed by atoms with Crippen LogP contribution in [0.4, 0.5) is 0 Å². The quantitative estimate of drug-likeness (QED) is 0.530. The Morgan fingerprint density at radius 1 is 1.10 bits per heavy atom. The number of rotatable bonds is 13. The van der Waals surface area contributed by atoms with Gasteiger partial charge in [-0.3, -0.25) is 4.90 Å². The molecule has 0 aromatic carbocycles. The predicted molar refractivity (Wildman–Crippen MR) is 88.8 cm³/mol. The van der Waals surface area contributed by atoms with Crippen LogP contribution in [-0.2, 0) is 9.47 Å². The number of methoxy groups -OCH3 is 2. The molecule has 0 aliphatic heterocycles. The lowest BCUT2D eigenvalue weighted by molar-refractivity contribution is 0.119. The third-order valence-corrected chi connectivity index (χ3v) is 4.51. The fraction of sp³-hybridized carbons (Fsp3) is 1.00. The Labute approximate surface area is 131 Å². The molecule has 1 aliphatic carbocycles. The van der Waals surface area contributed by atoms with Gasteiger partial charge in [-0.05, 0) is 38.1 Å². The van der Waals surface area contributed by atoms with E-state index < -0.39 is 0 Å². The Kier molecular flexibility index (Phi) is 11.1. The molecule has 0 spiro atoms. The molecule has 21 heavy (non-hydrogen) atoms. The van der Waals surface area contributed by atoms with Crippen molar-refractivity contribution < 1.29 is 9.47 Å². The maximum absolute atomic E-state index is 5.27. The van der Waals surface area contributed by atoms with Gasteiger partial charge < -0.3 is 14.8 Å². The van der Waals surface area contributed by atoms with Gasteiger partial charge in [0.15, 0.2) is 0 Å². The van der Waals surface area contributed by atoms with Crippen molar-refractivity contribution in [3.05, 3.63) is 0 Å². The molecular formula is C17H36N2O2. The average molecular weight is 300 g/mol. The normalized spacial score (nSPS) is 17.7. The minimum absolute atomic E-state index is 0.645. The van der Waals surface area contributed by atoms with Crippen molar-refractivity contribution in [2.45, 2.75) is 51.5 Å². The van der Waals surface area contributed by atoms with E-state index in [2.05, 4.69) is 17.1 Å². The van der Waals surface area contributed by atoms with Crippen molar-refractivity contribution in [2.75, 3.05) is 53.6 Å². The summed E-state index contributed by atoms with van der Waals surface area (Å²) in [5.41, 5.74) is 0. The van der Waals surface area contributed by atoms with Gasteiger partial charge in [-0.2, -0.15) is 0 Å². The zero-order chi connectivity index (χ0) is 15.3. The largest absolute Gasteiger partial charge is 0.385 e. The fourth-order valence-electron chi connectivity index (χ4n) is 3.30. The van der Waals surface area contributed by atoms with Gasteiger partial charge in [0.1, 0.15) is 0 Å². The van der Waals surface area contributed by atoms with E-state index in [1.807, 2.05) is 0 Å². The van der Waals surface area contributed by atoms with Gasteiger partial charge in [-0.1, -0.05) is 19.8 Å². The first-order valence-corrected chi connectivity index (χ1v) is 8.75. The minimum Gasteiger partial charge on any atom is -0.385 e. The molecule has 1 N–H and O–H groups in total. The third-order valence-electron chi connectivity index (χ3n) is 4.51. The third kappa shape index (κ3) is 8.15. The standard InChI is InChI=1S/C17H36N2O2/c1-4-10-18-17(16-8-5-6-9-16)15-19(12-14-21-3)11-7-13-20-2/h16-18H,4-15H2,1-3H3. The molecule has 0 amide bonds. The van der Waals surface area contributed by atoms with Gasteiger partial charge in [-0.25, -0.2) is 0 Å². The van der Waals surface area contributed by atoms with Crippen LogP contribution >= 0.6 is 0 Å². The summed E-state index contributed by atoms with van der Waals surface area (Å²) < 4.78 is 10.5. The number of nitrogens with one attached hydrogen (secondary N) is 1. The molecule has 1 aliphatic rings. The SMILES string of the molecule is CCCNC(CN(CCCOC)CCOC)C1CCCC1. The molecule has 1 atom stereocenters. The summed E-state index contributed by atoms with van der Waals surface area (Å²) in [6, 6.07) is 0.645. The average Bonchev–Trinajstić information content (AvgIpc) is 3.02. The Morgan fingerprint density at radius 2 is 1.81 bits per heavy atom. The van der Waals surface area contributed by atoms with Crippen LogP contribution in [0.1, 0.15) is 45.4 Å². The minimum atomic E-state index is 0.645. The van der Waals surface area contributed by atoms with Gasteiger partial charge in [0.2, 0.25) is 0 Å². The molecule has 126 valence electrons. The highest BCUT2D eigenvalue weighted by molar-refractivity contribution is 4.83. The molecule has 0 bridgehead atoms. The molecule has 4 nitrogen and oxygen atoms in total. The van der Waals surface area contributed by atoms with Crippen LogP contribution in [0, 0.1) is 5.92 Å². The van der Waals surface area contributed by atoms with Crippen LogP contribution in [0.5, 0.6) is 0 Å². The van der Waals surface area contributed by atoms with Crippen LogP contribution in [0.25, 0.3) is 0 Å². The highest BCUT2D eigenvalue weighted by Crippen LogP contribution is 2.28. The second-order valence-electron chi connectivity index (χ2n) is 6.24. The van der Waals surface area contributed by atoms with Crippen LogP contribution < -0.4 is 5.32 Å². The van der Waals surface area contributed by atoms with Crippen molar-refractivity contribution in [1.29, 1.82) is 0 Å². The topological polar surface area (TPSA) is 33.7 Å². The molecule has 0 aromatic heterocycles. The van der Waals surface area contributed by atoms with Crippen LogP contribution in [0.2, 0.25) is 0 Å². The Balaban J connectivity index is 2.46. The summed E-state index contributed by atoms with van der Waals surface area (Å²) >= 11 is 0. The summed E-state index contributed by atoms with van der Waals surface area (Å²) in [5.74, 6) is 0.865. The fourth-order valence-corrected chi connectivity index (χ4v) is 3.30. The van der Waals surface area contributed by atoms with Crippen LogP contribution in [0.15, 0.2) is 0 Å². The first-order valence-electron chi connectivity index (χ1n) is 8.75. The second kappa shape index (κ2) is 12.4. The zero-order valence-corrected chi connectivity index (χ0v) is 14.4. The summed E-state index contributed by atoms with van der Waals surface area (Å²) in [6.45, 7) is 8.33. The maximum atomic E-state index is 5.27. The molecule has 0 saturated heterocycles. The van der Waals surface area contributed by atoms with E-state index in [1.54, 1.807) is 14.2 Å². The van der Waals surface area contributed by atoms with Crippen LogP contribution in [-0.4, -0.2) is 64.6 Å². The molecule has 0 radical (unpaired) electrons. The predicted octanol–water partition coefficient (Wildman–Crippen LogP) is 2.53. The van der Waals surface area contributed by atoms with Crippen molar-refractivity contribution in [1.82, 2.24) is 10.2 Å². The van der Waals surface area contributed by atoms with Crippen molar-refractivity contribution in [3.8, 4) is 0 Å². The number of hydrogen-bond donors (Lipinski definition) is 1. The van der Waals surface area contributed by atoms with Crippen molar-refractivity contribution in [3.63, 3.8) is 0 Å². The number of hydrogen-bond acceptors (Lipinski definition) is 4. The Hall–Kier alpha value is -0.160. The van der Waals surface area contributed by atoms with E-state index in [4.69, 9.17) is 9.47 Å². The second-order valence-corrected chi connectivity index (χ2v) is 6.24. The summed E-state index contributed by atoms with van der Waals surface area (Å²) in [5, 5.41) is 3.79. The Morgan fingerprint density at radius 3 is 2.43 bits per heavy atom. The molecule has 1 rings (SSSR count). The monoisotopic (exact) mass is 300 g/mol. The van der Waals surface area contributed by atoms with Gasteiger partial charge in [0, 0.05) is 46.5 Å². The van der Waals surface area contributed by atoms with Crippen LogP contribution in [0.3, 0.4) is 0 Å². The van der Waals surface area contributed by atoms with Crippen molar-refractivity contribution >= 4 is 0 Å². The molecule has 0 heterocycles. The lowest BCUT2D eigenvalue weighted by Crippen LogP contribution is -2.46. The summed E-state index contributed by atoms with van der Waals surface area (Å²) in [4.78, 5) is 2.55. The maximum Gasteiger partial charge on any atom is 0.0589 e. The van der Waals surface area contributed by atoms with E-state index in [0.29, 0.717) is 6.04 Å². The van der Waals surface area contributed by atoms with E-state index in [0.717, 1.165) is 51.7 Å². The van der Waals surface area contributed by atoms with Gasteiger partial charge >= 0.3 is 0 Å².